The Morgan fingerprint density at radius 2 is 2.16 bits per heavy atom. The minimum absolute atomic E-state index is 0.175. The van der Waals surface area contributed by atoms with E-state index in [1.165, 1.54) is 0 Å². The second kappa shape index (κ2) is 6.41. The first-order valence-electron chi connectivity index (χ1n) is 4.81. The molecule has 0 atom stereocenters. The molecule has 1 rings (SSSR count). The van der Waals surface area contributed by atoms with Gasteiger partial charge in [0, 0.05) is 11.4 Å². The first kappa shape index (κ1) is 15.3. The van der Waals surface area contributed by atoms with Gasteiger partial charge in [0.05, 0.1) is 12.0 Å². The van der Waals surface area contributed by atoms with Crippen LogP contribution in [-0.2, 0) is 10.1 Å². The number of rotatable bonds is 5. The van der Waals surface area contributed by atoms with E-state index in [1.807, 2.05) is 0 Å². The molecule has 0 aliphatic rings. The van der Waals surface area contributed by atoms with Crippen molar-refractivity contribution in [2.75, 3.05) is 7.11 Å². The van der Waals surface area contributed by atoms with E-state index >= 15 is 0 Å². The molecule has 6 nitrogen and oxygen atoms in total. The number of esters is 1. The molecule has 0 spiro atoms. The smallest absolute Gasteiger partial charge is 0.387 e. The van der Waals surface area contributed by atoms with E-state index in [0.717, 1.165) is 19.2 Å². The number of carbonyl (C=O) groups is 1. The number of halogens is 3. The van der Waals surface area contributed by atoms with Crippen molar-refractivity contribution >= 4 is 27.6 Å². The van der Waals surface area contributed by atoms with Crippen LogP contribution in [0, 0.1) is 10.1 Å². The minimum Gasteiger partial charge on any atom is -0.465 e. The number of nitrogens with zero attached hydrogens (tertiary/aromatic N) is 1. The van der Waals surface area contributed by atoms with Crippen LogP contribution in [0.2, 0.25) is 0 Å². The summed E-state index contributed by atoms with van der Waals surface area (Å²) in [6.07, 6.45) is 0. The maximum Gasteiger partial charge on any atom is 0.387 e. The molecule has 0 aromatic heterocycles. The van der Waals surface area contributed by atoms with Crippen molar-refractivity contribution < 1.29 is 28.0 Å². The highest BCUT2D eigenvalue weighted by atomic mass is 79.9. The molecule has 0 unspecified atom stereocenters. The predicted molar refractivity (Wildman–Crippen MR) is 63.7 cm³/mol. The van der Waals surface area contributed by atoms with E-state index in [9.17, 15) is 23.7 Å². The predicted octanol–water partition coefficient (Wildman–Crippen LogP) is 2.88. The molecule has 0 heterocycles. The Morgan fingerprint density at radius 3 is 2.58 bits per heavy atom. The van der Waals surface area contributed by atoms with Gasteiger partial charge in [-0.3, -0.25) is 10.1 Å². The molecule has 0 aliphatic heterocycles. The van der Waals surface area contributed by atoms with Gasteiger partial charge in [0.25, 0.3) is 5.69 Å². The molecule has 19 heavy (non-hydrogen) atoms. The summed E-state index contributed by atoms with van der Waals surface area (Å²) in [5, 5.41) is 11.1. The number of carbonyl (C=O) groups excluding carboxylic acids is 1. The van der Waals surface area contributed by atoms with Gasteiger partial charge in [-0.05, 0) is 11.6 Å². The molecular weight excluding hydrogens is 332 g/mol. The zero-order valence-corrected chi connectivity index (χ0v) is 11.1. The van der Waals surface area contributed by atoms with Crippen LogP contribution in [0.4, 0.5) is 14.5 Å². The Labute approximate surface area is 114 Å². The number of ether oxygens (including phenoxy) is 2. The van der Waals surface area contributed by atoms with Gasteiger partial charge in [0.15, 0.2) is 5.56 Å². The monoisotopic (exact) mass is 339 g/mol. The number of nitro benzene ring substituents is 1. The highest BCUT2D eigenvalue weighted by Crippen LogP contribution is 2.33. The van der Waals surface area contributed by atoms with E-state index in [0.29, 0.717) is 5.56 Å². The first-order valence-corrected chi connectivity index (χ1v) is 5.93. The summed E-state index contributed by atoms with van der Waals surface area (Å²) in [7, 11) is 0.983. The van der Waals surface area contributed by atoms with Crippen molar-refractivity contribution in [2.45, 2.75) is 11.9 Å². The standard InChI is InChI=1S/C10H8BrF2NO5/c1-18-9(15)8-6(14(16)17)2-5(4-11)3-7(8)19-10(12)13/h2-3,10H,4H2,1H3. The van der Waals surface area contributed by atoms with Crippen molar-refractivity contribution in [1.82, 2.24) is 0 Å². The molecule has 0 fully saturated rings. The Kier molecular flexibility index (Phi) is 5.16. The first-order chi connectivity index (χ1) is 8.90. The Bertz CT molecular complexity index is 509. The molecule has 1 aromatic rings. The topological polar surface area (TPSA) is 78.7 Å². The van der Waals surface area contributed by atoms with E-state index in [2.05, 4.69) is 25.4 Å². The van der Waals surface area contributed by atoms with Crippen LogP contribution in [0.1, 0.15) is 15.9 Å². The third kappa shape index (κ3) is 3.60. The van der Waals surface area contributed by atoms with Gasteiger partial charge >= 0.3 is 12.6 Å². The van der Waals surface area contributed by atoms with Crippen molar-refractivity contribution in [2.24, 2.45) is 0 Å². The van der Waals surface area contributed by atoms with Crippen LogP contribution in [0.5, 0.6) is 5.75 Å². The summed E-state index contributed by atoms with van der Waals surface area (Å²) in [4.78, 5) is 21.5. The fourth-order valence-corrected chi connectivity index (χ4v) is 1.70. The number of methoxy groups -OCH3 is 1. The quantitative estimate of drug-likeness (QED) is 0.356. The van der Waals surface area contributed by atoms with Crippen LogP contribution in [-0.4, -0.2) is 24.6 Å². The summed E-state index contributed by atoms with van der Waals surface area (Å²) in [6.45, 7) is -3.21. The molecule has 0 N–H and O–H groups in total. The van der Waals surface area contributed by atoms with E-state index in [4.69, 9.17) is 0 Å². The van der Waals surface area contributed by atoms with Crippen molar-refractivity contribution in [3.05, 3.63) is 33.4 Å². The lowest BCUT2D eigenvalue weighted by Gasteiger charge is -2.11. The fourth-order valence-electron chi connectivity index (χ4n) is 1.37. The summed E-state index contributed by atoms with van der Waals surface area (Å²) < 4.78 is 33.0. The maximum atomic E-state index is 12.3. The Balaban J connectivity index is 3.51. The zero-order chi connectivity index (χ0) is 14.6. The van der Waals surface area contributed by atoms with Gasteiger partial charge in [-0.25, -0.2) is 4.79 Å². The number of benzene rings is 1. The van der Waals surface area contributed by atoms with E-state index < -0.39 is 34.5 Å². The molecule has 0 aliphatic carbocycles. The lowest BCUT2D eigenvalue weighted by Crippen LogP contribution is -2.12. The molecule has 104 valence electrons. The molecule has 0 radical (unpaired) electrons. The SMILES string of the molecule is COC(=O)c1c(OC(F)F)cc(CBr)cc1[N+](=O)[O-]. The summed E-state index contributed by atoms with van der Waals surface area (Å²) in [5.41, 5.74) is -0.980. The third-order valence-corrected chi connectivity index (χ3v) is 2.75. The lowest BCUT2D eigenvalue weighted by atomic mass is 10.1. The molecule has 9 heteroatoms. The van der Waals surface area contributed by atoms with Gasteiger partial charge in [-0.15, -0.1) is 0 Å². The normalized spacial score (nSPS) is 10.4. The second-order valence-electron chi connectivity index (χ2n) is 3.25. The highest BCUT2D eigenvalue weighted by molar-refractivity contribution is 9.08. The van der Waals surface area contributed by atoms with Gasteiger partial charge in [-0.2, -0.15) is 8.78 Å². The summed E-state index contributed by atoms with van der Waals surface area (Å²) >= 11 is 3.04. The van der Waals surface area contributed by atoms with Gasteiger partial charge in [0.2, 0.25) is 0 Å². The number of alkyl halides is 3. The van der Waals surface area contributed by atoms with Gasteiger partial charge < -0.3 is 9.47 Å². The molecule has 0 saturated heterocycles. The summed E-state index contributed by atoms with van der Waals surface area (Å²) in [5.74, 6) is -1.71. The Morgan fingerprint density at radius 1 is 1.53 bits per heavy atom. The third-order valence-electron chi connectivity index (χ3n) is 2.10. The van der Waals surface area contributed by atoms with Crippen molar-refractivity contribution in [3.63, 3.8) is 0 Å². The van der Waals surface area contributed by atoms with Crippen LogP contribution in [0.15, 0.2) is 12.1 Å². The largest absolute Gasteiger partial charge is 0.465 e. The second-order valence-corrected chi connectivity index (χ2v) is 3.81. The average Bonchev–Trinajstić information content (AvgIpc) is 2.36. The zero-order valence-electron chi connectivity index (χ0n) is 9.56. The number of nitro groups is 1. The molecule has 1 aromatic carbocycles. The van der Waals surface area contributed by atoms with Crippen molar-refractivity contribution in [1.29, 1.82) is 0 Å². The molecule has 0 amide bonds. The van der Waals surface area contributed by atoms with Crippen LogP contribution in [0.25, 0.3) is 0 Å². The maximum absolute atomic E-state index is 12.3. The molecular formula is C10H8BrF2NO5. The number of hydrogen-bond donors (Lipinski definition) is 0. The van der Waals surface area contributed by atoms with E-state index in [-0.39, 0.29) is 5.33 Å². The highest BCUT2D eigenvalue weighted by Gasteiger charge is 2.28. The van der Waals surface area contributed by atoms with Crippen LogP contribution in [0.3, 0.4) is 0 Å². The van der Waals surface area contributed by atoms with E-state index in [1.54, 1.807) is 0 Å². The van der Waals surface area contributed by atoms with Gasteiger partial charge in [0.1, 0.15) is 5.75 Å². The van der Waals surface area contributed by atoms with Crippen LogP contribution < -0.4 is 4.74 Å². The molecule has 0 saturated carbocycles. The molecule has 0 bridgehead atoms. The lowest BCUT2D eigenvalue weighted by molar-refractivity contribution is -0.385. The van der Waals surface area contributed by atoms with Crippen LogP contribution >= 0.6 is 15.9 Å². The average molecular weight is 340 g/mol. The number of hydrogen-bond acceptors (Lipinski definition) is 5. The Hall–Kier alpha value is -1.77. The minimum atomic E-state index is -3.21. The van der Waals surface area contributed by atoms with Crippen molar-refractivity contribution in [3.8, 4) is 5.75 Å². The fraction of sp³-hybridized carbons (Fsp3) is 0.300. The summed E-state index contributed by atoms with van der Waals surface area (Å²) in [6, 6.07) is 2.19. The van der Waals surface area contributed by atoms with Gasteiger partial charge in [-0.1, -0.05) is 15.9 Å².